The Kier molecular flexibility index (Phi) is 5.16. The minimum atomic E-state index is -0.479. The van der Waals surface area contributed by atoms with E-state index in [0.29, 0.717) is 23.4 Å². The van der Waals surface area contributed by atoms with E-state index in [1.54, 1.807) is 6.92 Å². The van der Waals surface area contributed by atoms with Gasteiger partial charge in [0.05, 0.1) is 18.0 Å². The van der Waals surface area contributed by atoms with Gasteiger partial charge in [0.25, 0.3) is 0 Å². The molecule has 1 aromatic carbocycles. The van der Waals surface area contributed by atoms with Crippen molar-refractivity contribution in [2.45, 2.75) is 39.5 Å². The number of nitrogens with zero attached hydrogens (tertiary/aromatic N) is 1. The van der Waals surface area contributed by atoms with Gasteiger partial charge in [-0.15, -0.1) is 0 Å². The molecule has 0 unspecified atom stereocenters. The molecule has 0 spiro atoms. The second-order valence-electron chi connectivity index (χ2n) is 6.15. The molecule has 1 amide bonds. The fourth-order valence-electron chi connectivity index (χ4n) is 2.89. The number of carbonyl (C=O) groups excluding carboxylic acids is 2. The van der Waals surface area contributed by atoms with Crippen molar-refractivity contribution in [3.8, 4) is 0 Å². The first-order valence-corrected chi connectivity index (χ1v) is 8.80. The first-order valence-electron chi connectivity index (χ1n) is 8.80. The number of rotatable bonds is 4. The molecule has 2 N–H and O–H groups in total. The van der Waals surface area contributed by atoms with E-state index in [1.165, 1.54) is 0 Å². The Morgan fingerprint density at radius 1 is 1.28 bits per heavy atom. The van der Waals surface area contributed by atoms with Crippen LogP contribution < -0.4 is 10.6 Å². The Hall–Kier alpha value is -2.63. The predicted octanol–water partition coefficient (Wildman–Crippen LogP) is 3.29. The van der Waals surface area contributed by atoms with E-state index < -0.39 is 5.97 Å². The number of hydrogen-bond donors (Lipinski definition) is 2. The lowest BCUT2D eigenvalue weighted by Crippen LogP contribution is -2.41. The number of anilines is 1. The normalized spacial score (nSPS) is 16.8. The molecule has 25 heavy (non-hydrogen) atoms. The van der Waals surface area contributed by atoms with E-state index in [1.807, 2.05) is 31.2 Å². The summed E-state index contributed by atoms with van der Waals surface area (Å²) in [6.45, 7) is 3.96. The molecule has 6 nitrogen and oxygen atoms in total. The van der Waals surface area contributed by atoms with Crippen molar-refractivity contribution in [2.24, 2.45) is 10.9 Å². The second kappa shape index (κ2) is 7.51. The van der Waals surface area contributed by atoms with Crippen LogP contribution in [-0.2, 0) is 14.3 Å². The Morgan fingerprint density at radius 3 is 2.68 bits per heavy atom. The van der Waals surface area contributed by atoms with Gasteiger partial charge in [0.1, 0.15) is 11.4 Å². The molecule has 132 valence electrons. The number of amides is 1. The lowest BCUT2D eigenvalue weighted by atomic mass is 9.85. The van der Waals surface area contributed by atoms with Crippen LogP contribution in [0.4, 0.5) is 11.4 Å². The number of hydrogen-bond acceptors (Lipinski definition) is 5. The van der Waals surface area contributed by atoms with Crippen LogP contribution in [0, 0.1) is 5.92 Å². The molecule has 1 saturated carbocycles. The first kappa shape index (κ1) is 17.2. The molecule has 1 heterocycles. The third-order valence-corrected chi connectivity index (χ3v) is 4.51. The highest BCUT2D eigenvalue weighted by molar-refractivity contribution is 6.24. The van der Waals surface area contributed by atoms with Crippen LogP contribution in [0.2, 0.25) is 0 Å². The molecule has 1 aromatic rings. The summed E-state index contributed by atoms with van der Waals surface area (Å²) in [6, 6.07) is 7.51. The molecule has 0 aromatic heterocycles. The highest BCUT2D eigenvalue weighted by atomic mass is 16.5. The molecule has 2 aliphatic rings. The van der Waals surface area contributed by atoms with Gasteiger partial charge in [0, 0.05) is 11.6 Å². The van der Waals surface area contributed by atoms with Gasteiger partial charge in [-0.3, -0.25) is 4.79 Å². The van der Waals surface area contributed by atoms with E-state index in [9.17, 15) is 9.59 Å². The number of esters is 1. The summed E-state index contributed by atoms with van der Waals surface area (Å²) in [5, 5.41) is 6.14. The number of aliphatic imine (C=N–C) groups is 1. The Morgan fingerprint density at radius 2 is 2.04 bits per heavy atom. The van der Waals surface area contributed by atoms with Crippen molar-refractivity contribution in [1.29, 1.82) is 0 Å². The van der Waals surface area contributed by atoms with Crippen LogP contribution in [0.25, 0.3) is 0 Å². The number of benzene rings is 1. The summed E-state index contributed by atoms with van der Waals surface area (Å²) in [5.41, 5.74) is 2.47. The van der Waals surface area contributed by atoms with Crippen molar-refractivity contribution < 1.29 is 14.3 Å². The number of carbonyl (C=O) groups is 2. The van der Waals surface area contributed by atoms with Crippen molar-refractivity contribution in [3.05, 3.63) is 35.5 Å². The molecule has 3 rings (SSSR count). The van der Waals surface area contributed by atoms with E-state index in [0.717, 1.165) is 24.9 Å². The molecular weight excluding hydrogens is 318 g/mol. The van der Waals surface area contributed by atoms with Gasteiger partial charge in [0.2, 0.25) is 5.91 Å². The average molecular weight is 341 g/mol. The zero-order chi connectivity index (χ0) is 17.8. The molecule has 1 aliphatic heterocycles. The number of para-hydroxylation sites is 2. The number of ether oxygens (including phenoxy) is 1. The SMILES string of the molecule is CCOC(=O)C1=C(CC)Nc2ccccc2N=C1NC(=O)C1CCC1. The van der Waals surface area contributed by atoms with Gasteiger partial charge < -0.3 is 15.4 Å². The third kappa shape index (κ3) is 3.57. The highest BCUT2D eigenvalue weighted by Gasteiger charge is 2.31. The molecule has 1 fully saturated rings. The number of nitrogens with one attached hydrogen (secondary N) is 2. The summed E-state index contributed by atoms with van der Waals surface area (Å²) >= 11 is 0. The van der Waals surface area contributed by atoms with Crippen LogP contribution >= 0.6 is 0 Å². The van der Waals surface area contributed by atoms with E-state index in [-0.39, 0.29) is 24.3 Å². The summed E-state index contributed by atoms with van der Waals surface area (Å²) in [4.78, 5) is 29.6. The molecule has 0 bridgehead atoms. The molecule has 0 saturated heterocycles. The van der Waals surface area contributed by atoms with Gasteiger partial charge in [-0.25, -0.2) is 9.79 Å². The largest absolute Gasteiger partial charge is 0.462 e. The van der Waals surface area contributed by atoms with Gasteiger partial charge in [-0.1, -0.05) is 25.5 Å². The van der Waals surface area contributed by atoms with E-state index in [4.69, 9.17) is 4.74 Å². The number of allylic oxidation sites excluding steroid dienone is 1. The second-order valence-corrected chi connectivity index (χ2v) is 6.15. The number of amidine groups is 1. The van der Waals surface area contributed by atoms with Crippen molar-refractivity contribution in [2.75, 3.05) is 11.9 Å². The first-order chi connectivity index (χ1) is 12.1. The van der Waals surface area contributed by atoms with Crippen molar-refractivity contribution >= 4 is 29.1 Å². The standard InChI is InChI=1S/C19H23N3O3/c1-3-13-16(19(24)25-4-2)17(22-18(23)12-8-7-9-12)21-15-11-6-5-10-14(15)20-13/h5-6,10-12,20H,3-4,7-9H2,1-2H3,(H,21,22,23). The fraction of sp³-hybridized carbons (Fsp3) is 0.421. The van der Waals surface area contributed by atoms with Crippen molar-refractivity contribution in [3.63, 3.8) is 0 Å². The van der Waals surface area contributed by atoms with Gasteiger partial charge >= 0.3 is 5.97 Å². The van der Waals surface area contributed by atoms with Gasteiger partial charge in [-0.05, 0) is 38.3 Å². The lowest BCUT2D eigenvalue weighted by molar-refractivity contribution is -0.137. The number of fused-ring (bicyclic) bond motifs is 1. The van der Waals surface area contributed by atoms with Gasteiger partial charge in [-0.2, -0.15) is 0 Å². The lowest BCUT2D eigenvalue weighted by Gasteiger charge is -2.24. The Balaban J connectivity index is 2.03. The molecule has 0 radical (unpaired) electrons. The Labute approximate surface area is 147 Å². The van der Waals surface area contributed by atoms with Crippen molar-refractivity contribution in [1.82, 2.24) is 5.32 Å². The zero-order valence-electron chi connectivity index (χ0n) is 14.6. The maximum atomic E-state index is 12.6. The van der Waals surface area contributed by atoms with Crippen LogP contribution in [0.15, 0.2) is 40.5 Å². The third-order valence-electron chi connectivity index (χ3n) is 4.51. The summed E-state index contributed by atoms with van der Waals surface area (Å²) in [5.74, 6) is -0.290. The maximum Gasteiger partial charge on any atom is 0.343 e. The van der Waals surface area contributed by atoms with Crippen LogP contribution in [0.1, 0.15) is 39.5 Å². The van der Waals surface area contributed by atoms with Gasteiger partial charge in [0.15, 0.2) is 0 Å². The average Bonchev–Trinajstić information content (AvgIpc) is 2.69. The quantitative estimate of drug-likeness (QED) is 0.824. The molecule has 6 heteroatoms. The minimum Gasteiger partial charge on any atom is -0.462 e. The topological polar surface area (TPSA) is 79.8 Å². The van der Waals surface area contributed by atoms with Crippen LogP contribution in [-0.4, -0.2) is 24.3 Å². The maximum absolute atomic E-state index is 12.6. The van der Waals surface area contributed by atoms with E-state index in [2.05, 4.69) is 15.6 Å². The summed E-state index contributed by atoms with van der Waals surface area (Å²) in [6.07, 6.45) is 3.41. The van der Waals surface area contributed by atoms with Crippen LogP contribution in [0.3, 0.4) is 0 Å². The monoisotopic (exact) mass is 341 g/mol. The smallest absolute Gasteiger partial charge is 0.343 e. The molecular formula is C19H23N3O3. The zero-order valence-corrected chi connectivity index (χ0v) is 14.6. The predicted molar refractivity (Wildman–Crippen MR) is 96.6 cm³/mol. The minimum absolute atomic E-state index is 0.00248. The van der Waals surface area contributed by atoms with Crippen LogP contribution in [0.5, 0.6) is 0 Å². The Bertz CT molecular complexity index is 748. The fourth-order valence-corrected chi connectivity index (χ4v) is 2.89. The summed E-state index contributed by atoms with van der Waals surface area (Å²) < 4.78 is 5.21. The highest BCUT2D eigenvalue weighted by Crippen LogP contribution is 2.32. The molecule has 0 atom stereocenters. The summed E-state index contributed by atoms with van der Waals surface area (Å²) in [7, 11) is 0. The van der Waals surface area contributed by atoms with E-state index >= 15 is 0 Å². The molecule has 1 aliphatic carbocycles.